The van der Waals surface area contributed by atoms with Crippen molar-refractivity contribution in [3.8, 4) is 11.4 Å². The van der Waals surface area contributed by atoms with Crippen LogP contribution < -0.4 is 5.32 Å². The highest BCUT2D eigenvalue weighted by molar-refractivity contribution is 7.71. The van der Waals surface area contributed by atoms with E-state index in [-0.39, 0.29) is 24.3 Å². The molecule has 10 heteroatoms. The van der Waals surface area contributed by atoms with Gasteiger partial charge in [0.2, 0.25) is 5.91 Å². The molecular formula is C22H23FN6O2S. The number of H-pyrrole nitrogens is 1. The first-order valence-corrected chi connectivity index (χ1v) is 10.6. The Balaban J connectivity index is 1.36. The molecule has 1 aliphatic rings. The zero-order valence-electron chi connectivity index (χ0n) is 17.5. The second kappa shape index (κ2) is 9.31. The van der Waals surface area contributed by atoms with E-state index in [9.17, 15) is 14.0 Å². The lowest BCUT2D eigenvalue weighted by Crippen LogP contribution is -2.52. The number of hydrogen-bond acceptors (Lipinski definition) is 4. The number of carbonyl (C=O) groups is 2. The maximum atomic E-state index is 13.0. The smallest absolute Gasteiger partial charge is 0.321 e. The number of benzene rings is 2. The fourth-order valence-electron chi connectivity index (χ4n) is 3.52. The summed E-state index contributed by atoms with van der Waals surface area (Å²) in [4.78, 5) is 28.7. The Morgan fingerprint density at radius 3 is 2.31 bits per heavy atom. The summed E-state index contributed by atoms with van der Waals surface area (Å²) in [5, 5.41) is 9.80. The molecule has 32 heavy (non-hydrogen) atoms. The maximum Gasteiger partial charge on any atom is 0.321 e. The molecule has 8 nitrogen and oxygen atoms in total. The van der Waals surface area contributed by atoms with Crippen molar-refractivity contribution in [1.29, 1.82) is 0 Å². The average molecular weight is 455 g/mol. The van der Waals surface area contributed by atoms with Crippen LogP contribution in [0.2, 0.25) is 0 Å². The summed E-state index contributed by atoms with van der Waals surface area (Å²) in [5.74, 6) is 0.161. The Bertz CT molecular complexity index is 1160. The molecule has 3 amide bonds. The number of anilines is 1. The minimum Gasteiger partial charge on any atom is -0.338 e. The van der Waals surface area contributed by atoms with Crippen molar-refractivity contribution >= 4 is 29.8 Å². The number of amides is 3. The van der Waals surface area contributed by atoms with Crippen molar-refractivity contribution in [3.63, 3.8) is 0 Å². The lowest BCUT2D eigenvalue weighted by atomic mass is 10.1. The van der Waals surface area contributed by atoms with Crippen LogP contribution in [0.4, 0.5) is 14.9 Å². The third-order valence-electron chi connectivity index (χ3n) is 5.38. The number of carbonyl (C=O) groups excluding carboxylic acids is 2. The number of aromatic amines is 1. The van der Waals surface area contributed by atoms with Crippen LogP contribution in [0.5, 0.6) is 0 Å². The van der Waals surface area contributed by atoms with Gasteiger partial charge < -0.3 is 15.1 Å². The Kier molecular flexibility index (Phi) is 6.31. The molecule has 0 bridgehead atoms. The van der Waals surface area contributed by atoms with E-state index in [0.717, 1.165) is 11.1 Å². The van der Waals surface area contributed by atoms with Gasteiger partial charge >= 0.3 is 6.03 Å². The number of urea groups is 1. The molecule has 0 radical (unpaired) electrons. The van der Waals surface area contributed by atoms with Crippen LogP contribution in [0.3, 0.4) is 0 Å². The largest absolute Gasteiger partial charge is 0.338 e. The first-order chi connectivity index (χ1) is 15.4. The Hall–Kier alpha value is -3.53. The molecule has 2 aromatic carbocycles. The molecule has 0 spiro atoms. The highest BCUT2D eigenvalue weighted by Crippen LogP contribution is 2.18. The molecule has 0 atom stereocenters. The van der Waals surface area contributed by atoms with Crippen LogP contribution in [0.25, 0.3) is 11.4 Å². The lowest BCUT2D eigenvalue weighted by Gasteiger charge is -2.34. The summed E-state index contributed by atoms with van der Waals surface area (Å²) in [6.07, 6.45) is 0. The first kappa shape index (κ1) is 21.7. The number of nitrogens with one attached hydrogen (secondary N) is 2. The van der Waals surface area contributed by atoms with E-state index in [1.807, 2.05) is 31.2 Å². The van der Waals surface area contributed by atoms with Gasteiger partial charge in [-0.15, -0.1) is 0 Å². The Morgan fingerprint density at radius 1 is 1.03 bits per heavy atom. The molecule has 0 unspecified atom stereocenters. The number of rotatable bonds is 4. The highest BCUT2D eigenvalue weighted by atomic mass is 32.1. The summed E-state index contributed by atoms with van der Waals surface area (Å²) >= 11 is 5.33. The number of piperazine rings is 1. The zero-order chi connectivity index (χ0) is 22.7. The van der Waals surface area contributed by atoms with E-state index in [0.29, 0.717) is 42.5 Å². The fraction of sp³-hybridized carbons (Fsp3) is 0.273. The second-order valence-electron chi connectivity index (χ2n) is 7.61. The van der Waals surface area contributed by atoms with Gasteiger partial charge in [0, 0.05) is 37.4 Å². The van der Waals surface area contributed by atoms with Gasteiger partial charge in [0.1, 0.15) is 12.4 Å². The summed E-state index contributed by atoms with van der Waals surface area (Å²) in [7, 11) is 0. The third kappa shape index (κ3) is 4.86. The molecule has 1 saturated heterocycles. The van der Waals surface area contributed by atoms with Crippen LogP contribution >= 0.6 is 12.2 Å². The van der Waals surface area contributed by atoms with Gasteiger partial charge in [-0.25, -0.2) is 9.18 Å². The van der Waals surface area contributed by atoms with E-state index in [4.69, 9.17) is 12.2 Å². The van der Waals surface area contributed by atoms with E-state index in [2.05, 4.69) is 15.5 Å². The van der Waals surface area contributed by atoms with Crippen molar-refractivity contribution in [2.75, 3.05) is 31.5 Å². The minimum absolute atomic E-state index is 0.0698. The molecule has 1 fully saturated rings. The molecule has 166 valence electrons. The van der Waals surface area contributed by atoms with Crippen molar-refractivity contribution in [1.82, 2.24) is 24.6 Å². The zero-order valence-corrected chi connectivity index (χ0v) is 18.4. The van der Waals surface area contributed by atoms with Crippen molar-refractivity contribution < 1.29 is 14.0 Å². The quantitative estimate of drug-likeness (QED) is 0.592. The molecule has 3 aromatic rings. The van der Waals surface area contributed by atoms with Crippen LogP contribution in [0, 0.1) is 17.5 Å². The van der Waals surface area contributed by atoms with Crippen molar-refractivity contribution in [2.24, 2.45) is 0 Å². The maximum absolute atomic E-state index is 13.0. The molecule has 0 aliphatic carbocycles. The summed E-state index contributed by atoms with van der Waals surface area (Å²) < 4.78 is 15.1. The molecular weight excluding hydrogens is 431 g/mol. The average Bonchev–Trinajstić information content (AvgIpc) is 3.16. The number of aryl methyl sites for hydroxylation is 1. The standard InChI is InChI=1S/C22H23FN6O2S/c1-15-2-4-16(5-3-15)20-25-26-22(32)29(20)14-19(30)27-10-12-28(13-11-27)21(31)24-18-8-6-17(23)7-9-18/h2-9H,10-14H2,1H3,(H,24,31)(H,26,32). The SMILES string of the molecule is Cc1ccc(-c2n[nH]c(=S)n2CC(=O)N2CCN(C(=O)Nc3ccc(F)cc3)CC2)cc1. The van der Waals surface area contributed by atoms with Gasteiger partial charge in [0.15, 0.2) is 10.6 Å². The molecule has 0 saturated carbocycles. The van der Waals surface area contributed by atoms with Crippen LogP contribution in [-0.4, -0.2) is 62.7 Å². The van der Waals surface area contributed by atoms with E-state index < -0.39 is 0 Å². The molecule has 1 aliphatic heterocycles. The molecule has 2 heterocycles. The summed E-state index contributed by atoms with van der Waals surface area (Å²) in [6, 6.07) is 13.2. The van der Waals surface area contributed by atoms with E-state index >= 15 is 0 Å². The molecule has 4 rings (SSSR count). The third-order valence-corrected chi connectivity index (χ3v) is 5.69. The van der Waals surface area contributed by atoms with Crippen LogP contribution in [-0.2, 0) is 11.3 Å². The lowest BCUT2D eigenvalue weighted by molar-refractivity contribution is -0.133. The minimum atomic E-state index is -0.363. The Morgan fingerprint density at radius 2 is 1.66 bits per heavy atom. The number of hydrogen-bond donors (Lipinski definition) is 2. The van der Waals surface area contributed by atoms with Gasteiger partial charge in [-0.1, -0.05) is 29.8 Å². The van der Waals surface area contributed by atoms with Crippen molar-refractivity contribution in [3.05, 3.63) is 64.7 Å². The number of halogens is 1. The molecule has 1 aromatic heterocycles. The fourth-order valence-corrected chi connectivity index (χ4v) is 3.71. The van der Waals surface area contributed by atoms with E-state index in [1.54, 1.807) is 14.4 Å². The van der Waals surface area contributed by atoms with Gasteiger partial charge in [0.05, 0.1) is 0 Å². The van der Waals surface area contributed by atoms with Gasteiger partial charge in [-0.2, -0.15) is 5.10 Å². The first-order valence-electron chi connectivity index (χ1n) is 10.2. The number of nitrogens with zero attached hydrogens (tertiary/aromatic N) is 4. The van der Waals surface area contributed by atoms with Crippen LogP contribution in [0.15, 0.2) is 48.5 Å². The van der Waals surface area contributed by atoms with Crippen molar-refractivity contribution in [2.45, 2.75) is 13.5 Å². The molecule has 2 N–H and O–H groups in total. The number of aromatic nitrogens is 3. The van der Waals surface area contributed by atoms with E-state index in [1.165, 1.54) is 24.3 Å². The summed E-state index contributed by atoms with van der Waals surface area (Å²) in [6.45, 7) is 3.71. The highest BCUT2D eigenvalue weighted by Gasteiger charge is 2.25. The van der Waals surface area contributed by atoms with Gasteiger partial charge in [-0.05, 0) is 43.4 Å². The second-order valence-corrected chi connectivity index (χ2v) is 8.00. The predicted molar refractivity (Wildman–Crippen MR) is 121 cm³/mol. The van der Waals surface area contributed by atoms with Gasteiger partial charge in [0.25, 0.3) is 0 Å². The Labute approximate surface area is 189 Å². The monoisotopic (exact) mass is 454 g/mol. The normalized spacial score (nSPS) is 13.8. The topological polar surface area (TPSA) is 86.3 Å². The van der Waals surface area contributed by atoms with Crippen LogP contribution in [0.1, 0.15) is 5.56 Å². The predicted octanol–water partition coefficient (Wildman–Crippen LogP) is 3.43. The summed E-state index contributed by atoms with van der Waals surface area (Å²) in [5.41, 5.74) is 2.53. The van der Waals surface area contributed by atoms with Gasteiger partial charge in [-0.3, -0.25) is 14.5 Å².